The smallest absolute Gasteiger partial charge is 0.0928 e. The Balaban J connectivity index is 1.93. The van der Waals surface area contributed by atoms with E-state index >= 15 is 0 Å². The van der Waals surface area contributed by atoms with Crippen LogP contribution in [0.2, 0.25) is 0 Å². The van der Waals surface area contributed by atoms with Gasteiger partial charge >= 0.3 is 0 Å². The molecule has 0 N–H and O–H groups in total. The molecule has 0 fully saturated rings. The van der Waals surface area contributed by atoms with Gasteiger partial charge in [0.15, 0.2) is 0 Å². The summed E-state index contributed by atoms with van der Waals surface area (Å²) >= 11 is 8.49. The molecule has 1 aromatic heterocycles. The van der Waals surface area contributed by atoms with Gasteiger partial charge in [-0.25, -0.2) is 0 Å². The number of thiophene rings is 1. The zero-order chi connectivity index (χ0) is 13.4. The molecule has 0 nitrogen and oxygen atoms in total. The maximum atomic E-state index is 6.67. The summed E-state index contributed by atoms with van der Waals surface area (Å²) < 4.78 is 0. The number of benzene rings is 1. The zero-order valence-corrected chi connectivity index (χ0v) is 13.1. The third-order valence-corrected chi connectivity index (χ3v) is 5.93. The number of halogens is 1. The fourth-order valence-corrected chi connectivity index (χ4v) is 4.18. The lowest BCUT2D eigenvalue weighted by molar-refractivity contribution is 0.684. The first kappa shape index (κ1) is 13.2. The van der Waals surface area contributed by atoms with Crippen LogP contribution in [-0.2, 0) is 12.8 Å². The Hall–Kier alpha value is -0.790. The van der Waals surface area contributed by atoms with Gasteiger partial charge in [-0.3, -0.25) is 0 Å². The van der Waals surface area contributed by atoms with Gasteiger partial charge in [-0.1, -0.05) is 18.2 Å². The zero-order valence-electron chi connectivity index (χ0n) is 11.5. The van der Waals surface area contributed by atoms with Gasteiger partial charge in [-0.2, -0.15) is 0 Å². The monoisotopic (exact) mass is 290 g/mol. The SMILES string of the molecule is Cc1cc(C(Cl)c2ccc3c(c2)CCCC3)sc1C. The van der Waals surface area contributed by atoms with E-state index in [0.717, 1.165) is 0 Å². The number of alkyl halides is 1. The molecule has 1 aliphatic carbocycles. The number of hydrogen-bond donors (Lipinski definition) is 0. The van der Waals surface area contributed by atoms with Crippen LogP contribution in [0, 0.1) is 13.8 Å². The molecule has 0 spiro atoms. The van der Waals surface area contributed by atoms with Crippen molar-refractivity contribution in [2.45, 2.75) is 44.9 Å². The Labute approximate surface area is 124 Å². The molecule has 1 unspecified atom stereocenters. The van der Waals surface area contributed by atoms with Crippen LogP contribution >= 0.6 is 22.9 Å². The summed E-state index contributed by atoms with van der Waals surface area (Å²) in [5.41, 5.74) is 5.64. The maximum Gasteiger partial charge on any atom is 0.0928 e. The normalized spacial score (nSPS) is 16.2. The van der Waals surface area contributed by atoms with E-state index in [9.17, 15) is 0 Å². The molecule has 0 radical (unpaired) electrons. The van der Waals surface area contributed by atoms with Crippen molar-refractivity contribution in [3.63, 3.8) is 0 Å². The fraction of sp³-hybridized carbons (Fsp3) is 0.412. The minimum atomic E-state index is 0.00428. The molecule has 0 aliphatic heterocycles. The highest BCUT2D eigenvalue weighted by Gasteiger charge is 2.17. The molecule has 2 aromatic rings. The molecule has 0 amide bonds. The van der Waals surface area contributed by atoms with E-state index in [-0.39, 0.29) is 5.38 Å². The van der Waals surface area contributed by atoms with Crippen LogP contribution in [0.3, 0.4) is 0 Å². The van der Waals surface area contributed by atoms with Gasteiger partial charge in [0.1, 0.15) is 0 Å². The van der Waals surface area contributed by atoms with Crippen LogP contribution in [0.5, 0.6) is 0 Å². The molecule has 1 aromatic carbocycles. The predicted molar refractivity (Wildman–Crippen MR) is 84.6 cm³/mol. The summed E-state index contributed by atoms with van der Waals surface area (Å²) in [5.74, 6) is 0. The Bertz CT molecular complexity index is 578. The molecule has 2 heteroatoms. The standard InChI is InChI=1S/C17H19ClS/c1-11-9-16(19-12(11)2)17(18)15-8-7-13-5-3-4-6-14(13)10-15/h7-10,17H,3-6H2,1-2H3. The Morgan fingerprint density at radius 3 is 2.47 bits per heavy atom. The van der Waals surface area contributed by atoms with Crippen molar-refractivity contribution < 1.29 is 0 Å². The second-order valence-electron chi connectivity index (χ2n) is 5.49. The highest BCUT2D eigenvalue weighted by Crippen LogP contribution is 2.36. The van der Waals surface area contributed by atoms with Crippen molar-refractivity contribution in [3.05, 3.63) is 56.3 Å². The summed E-state index contributed by atoms with van der Waals surface area (Å²) in [6.07, 6.45) is 5.11. The van der Waals surface area contributed by atoms with Gasteiger partial charge in [-0.05, 0) is 67.9 Å². The van der Waals surface area contributed by atoms with Crippen LogP contribution in [0.15, 0.2) is 24.3 Å². The van der Waals surface area contributed by atoms with E-state index in [0.29, 0.717) is 0 Å². The molecular weight excluding hydrogens is 272 g/mol. The van der Waals surface area contributed by atoms with Crippen LogP contribution < -0.4 is 0 Å². The second-order valence-corrected chi connectivity index (χ2v) is 7.21. The Morgan fingerprint density at radius 2 is 1.79 bits per heavy atom. The quantitative estimate of drug-likeness (QED) is 0.634. The van der Waals surface area contributed by atoms with Crippen LogP contribution in [0.25, 0.3) is 0 Å². The Kier molecular flexibility index (Phi) is 3.68. The van der Waals surface area contributed by atoms with Gasteiger partial charge in [0.25, 0.3) is 0 Å². The lowest BCUT2D eigenvalue weighted by Gasteiger charge is -2.18. The first-order valence-corrected chi connectivity index (χ1v) is 8.23. The molecule has 1 aliphatic rings. The van der Waals surface area contributed by atoms with Crippen molar-refractivity contribution in [3.8, 4) is 0 Å². The predicted octanol–water partition coefficient (Wildman–Crippen LogP) is 5.57. The molecule has 0 saturated carbocycles. The average molecular weight is 291 g/mol. The topological polar surface area (TPSA) is 0 Å². The number of aryl methyl sites for hydroxylation is 4. The molecule has 3 rings (SSSR count). The molecule has 19 heavy (non-hydrogen) atoms. The van der Waals surface area contributed by atoms with Crippen molar-refractivity contribution in [2.24, 2.45) is 0 Å². The Morgan fingerprint density at radius 1 is 1.05 bits per heavy atom. The van der Waals surface area contributed by atoms with Crippen molar-refractivity contribution >= 4 is 22.9 Å². The highest BCUT2D eigenvalue weighted by atomic mass is 35.5. The summed E-state index contributed by atoms with van der Waals surface area (Å²) in [6, 6.07) is 9.06. The van der Waals surface area contributed by atoms with Crippen LogP contribution in [0.1, 0.15) is 50.2 Å². The van der Waals surface area contributed by atoms with E-state index in [2.05, 4.69) is 38.1 Å². The molecule has 0 saturated heterocycles. The van der Waals surface area contributed by atoms with Crippen LogP contribution in [0.4, 0.5) is 0 Å². The lowest BCUT2D eigenvalue weighted by Crippen LogP contribution is -2.03. The molecule has 1 atom stereocenters. The maximum absolute atomic E-state index is 6.67. The van der Waals surface area contributed by atoms with Crippen molar-refractivity contribution in [2.75, 3.05) is 0 Å². The molecule has 0 bridgehead atoms. The van der Waals surface area contributed by atoms with Crippen LogP contribution in [-0.4, -0.2) is 0 Å². The molecule has 1 heterocycles. The largest absolute Gasteiger partial charge is 0.143 e. The highest BCUT2D eigenvalue weighted by molar-refractivity contribution is 7.12. The van der Waals surface area contributed by atoms with E-state index in [1.54, 1.807) is 0 Å². The summed E-state index contributed by atoms with van der Waals surface area (Å²) in [4.78, 5) is 2.64. The van der Waals surface area contributed by atoms with Gasteiger partial charge < -0.3 is 0 Å². The number of rotatable bonds is 2. The summed E-state index contributed by atoms with van der Waals surface area (Å²) in [6.45, 7) is 4.33. The van der Waals surface area contributed by atoms with E-state index in [4.69, 9.17) is 11.6 Å². The number of fused-ring (bicyclic) bond motifs is 1. The van der Waals surface area contributed by atoms with E-state index in [1.165, 1.54) is 57.7 Å². The first-order chi connectivity index (χ1) is 9.15. The van der Waals surface area contributed by atoms with Crippen molar-refractivity contribution in [1.29, 1.82) is 0 Å². The molecular formula is C17H19ClS. The number of hydrogen-bond acceptors (Lipinski definition) is 1. The van der Waals surface area contributed by atoms with Gasteiger partial charge in [-0.15, -0.1) is 22.9 Å². The first-order valence-electron chi connectivity index (χ1n) is 6.98. The second kappa shape index (κ2) is 5.30. The fourth-order valence-electron chi connectivity index (χ4n) is 2.80. The van der Waals surface area contributed by atoms with E-state index in [1.807, 2.05) is 11.3 Å². The van der Waals surface area contributed by atoms with Gasteiger partial charge in [0, 0.05) is 9.75 Å². The lowest BCUT2D eigenvalue weighted by atomic mass is 9.90. The third-order valence-electron chi connectivity index (χ3n) is 4.10. The minimum Gasteiger partial charge on any atom is -0.143 e. The minimum absolute atomic E-state index is 0.00428. The molecule has 100 valence electrons. The summed E-state index contributed by atoms with van der Waals surface area (Å²) in [5, 5.41) is 0.00428. The van der Waals surface area contributed by atoms with Gasteiger partial charge in [0.2, 0.25) is 0 Å². The summed E-state index contributed by atoms with van der Waals surface area (Å²) in [7, 11) is 0. The van der Waals surface area contributed by atoms with Gasteiger partial charge in [0.05, 0.1) is 5.38 Å². The van der Waals surface area contributed by atoms with E-state index < -0.39 is 0 Å². The van der Waals surface area contributed by atoms with Crippen molar-refractivity contribution in [1.82, 2.24) is 0 Å². The average Bonchev–Trinajstić information content (AvgIpc) is 2.77. The third kappa shape index (κ3) is 2.59.